The summed E-state index contributed by atoms with van der Waals surface area (Å²) >= 11 is 0. The molecule has 1 atom stereocenters. The van der Waals surface area contributed by atoms with Crippen molar-refractivity contribution in [1.29, 1.82) is 0 Å². The van der Waals surface area contributed by atoms with Gasteiger partial charge in [0.1, 0.15) is 11.3 Å². The highest BCUT2D eigenvalue weighted by Gasteiger charge is 2.29. The molecule has 1 aliphatic carbocycles. The predicted molar refractivity (Wildman–Crippen MR) is 132 cm³/mol. The number of imidazole rings is 1. The highest BCUT2D eigenvalue weighted by atomic mass is 16.1. The Bertz CT molecular complexity index is 1300. The van der Waals surface area contributed by atoms with Crippen molar-refractivity contribution in [3.05, 3.63) is 71.0 Å². The minimum absolute atomic E-state index is 0.153. The number of carbonyl (C=O) groups excluding carboxylic acids is 1. The Balaban J connectivity index is 1.69. The summed E-state index contributed by atoms with van der Waals surface area (Å²) in [6.45, 7) is 7.06. The van der Waals surface area contributed by atoms with Crippen molar-refractivity contribution >= 4 is 23.3 Å². The predicted octanol–water partition coefficient (Wildman–Crippen LogP) is 5.44. The standard InChI is InChI=1S/C27H29N5O/c1-4-19-8-10-20(11-9-19)15-32-24-25(28-18(3)21-12-13-21)29-23(16-33)30-26(24)31-27(32)22-7-5-6-17(2)14-22/h5-11,14,16,18,21H,4,12-13,15H2,1-3H3,(H,28,29,30)/t18-/m1/s1. The maximum atomic E-state index is 11.6. The Morgan fingerprint density at radius 2 is 1.85 bits per heavy atom. The zero-order chi connectivity index (χ0) is 22.9. The monoisotopic (exact) mass is 439 g/mol. The van der Waals surface area contributed by atoms with E-state index in [1.807, 2.05) is 6.07 Å². The highest BCUT2D eigenvalue weighted by Crippen LogP contribution is 2.35. The van der Waals surface area contributed by atoms with E-state index in [0.717, 1.165) is 23.3 Å². The van der Waals surface area contributed by atoms with E-state index in [1.54, 1.807) is 0 Å². The summed E-state index contributed by atoms with van der Waals surface area (Å²) in [6, 6.07) is 17.3. The Kier molecular flexibility index (Phi) is 5.67. The molecule has 2 aromatic heterocycles. The molecular weight excluding hydrogens is 410 g/mol. The van der Waals surface area contributed by atoms with Crippen molar-refractivity contribution in [2.24, 2.45) is 5.92 Å². The summed E-state index contributed by atoms with van der Waals surface area (Å²) < 4.78 is 2.18. The average molecular weight is 440 g/mol. The molecule has 6 heteroatoms. The number of aryl methyl sites for hydroxylation is 2. The van der Waals surface area contributed by atoms with Gasteiger partial charge in [-0.1, -0.05) is 55.0 Å². The number of fused-ring (bicyclic) bond motifs is 1. The van der Waals surface area contributed by atoms with Crippen LogP contribution in [0.15, 0.2) is 48.5 Å². The fourth-order valence-electron chi connectivity index (χ4n) is 4.36. The van der Waals surface area contributed by atoms with Crippen LogP contribution in [-0.2, 0) is 13.0 Å². The molecule has 1 saturated carbocycles. The van der Waals surface area contributed by atoms with Gasteiger partial charge in [0.05, 0.1) is 0 Å². The Labute approximate surface area is 194 Å². The lowest BCUT2D eigenvalue weighted by Crippen LogP contribution is -2.20. The van der Waals surface area contributed by atoms with E-state index in [9.17, 15) is 4.79 Å². The van der Waals surface area contributed by atoms with Crippen LogP contribution in [0.2, 0.25) is 0 Å². The number of nitrogens with one attached hydrogen (secondary N) is 1. The molecule has 0 spiro atoms. The minimum atomic E-state index is 0.153. The first-order chi connectivity index (χ1) is 16.1. The van der Waals surface area contributed by atoms with E-state index in [4.69, 9.17) is 4.98 Å². The molecule has 0 unspecified atom stereocenters. The first-order valence-corrected chi connectivity index (χ1v) is 11.7. The molecule has 5 rings (SSSR count). The van der Waals surface area contributed by atoms with Gasteiger partial charge in [-0.3, -0.25) is 4.79 Å². The molecule has 0 radical (unpaired) electrons. The largest absolute Gasteiger partial charge is 0.365 e. The molecule has 4 aromatic rings. The van der Waals surface area contributed by atoms with E-state index in [-0.39, 0.29) is 11.9 Å². The Hall–Kier alpha value is -3.54. The number of aromatic nitrogens is 4. The average Bonchev–Trinajstić information content (AvgIpc) is 3.62. The third-order valence-corrected chi connectivity index (χ3v) is 6.47. The van der Waals surface area contributed by atoms with Crippen molar-refractivity contribution in [2.75, 3.05) is 5.32 Å². The minimum Gasteiger partial charge on any atom is -0.365 e. The van der Waals surface area contributed by atoms with E-state index in [0.29, 0.717) is 30.2 Å². The molecule has 0 saturated heterocycles. The molecular formula is C27H29N5O. The van der Waals surface area contributed by atoms with Gasteiger partial charge in [-0.15, -0.1) is 0 Å². The lowest BCUT2D eigenvalue weighted by molar-refractivity contribution is 0.111. The summed E-state index contributed by atoms with van der Waals surface area (Å²) in [4.78, 5) is 25.6. The third-order valence-electron chi connectivity index (χ3n) is 6.47. The fourth-order valence-corrected chi connectivity index (χ4v) is 4.36. The molecule has 0 aliphatic heterocycles. The van der Waals surface area contributed by atoms with Crippen molar-refractivity contribution in [3.8, 4) is 11.4 Å². The van der Waals surface area contributed by atoms with Crippen LogP contribution in [0.3, 0.4) is 0 Å². The van der Waals surface area contributed by atoms with E-state index in [1.165, 1.54) is 29.5 Å². The molecule has 1 N–H and O–H groups in total. The maximum Gasteiger partial charge on any atom is 0.196 e. The summed E-state index contributed by atoms with van der Waals surface area (Å²) in [5.74, 6) is 2.30. The zero-order valence-corrected chi connectivity index (χ0v) is 19.4. The Morgan fingerprint density at radius 3 is 2.52 bits per heavy atom. The van der Waals surface area contributed by atoms with Gasteiger partial charge in [0.2, 0.25) is 0 Å². The number of carbonyl (C=O) groups is 1. The van der Waals surface area contributed by atoms with Crippen LogP contribution in [0.5, 0.6) is 0 Å². The second-order valence-corrected chi connectivity index (χ2v) is 9.05. The lowest BCUT2D eigenvalue weighted by Gasteiger charge is -2.17. The normalized spacial score (nSPS) is 14.4. The molecule has 0 bridgehead atoms. The summed E-state index contributed by atoms with van der Waals surface area (Å²) in [7, 11) is 0. The van der Waals surface area contributed by atoms with Gasteiger partial charge in [-0.25, -0.2) is 15.0 Å². The molecule has 168 valence electrons. The fraction of sp³-hybridized carbons (Fsp3) is 0.333. The van der Waals surface area contributed by atoms with Gasteiger partial charge in [0.25, 0.3) is 0 Å². The molecule has 6 nitrogen and oxygen atoms in total. The van der Waals surface area contributed by atoms with Crippen LogP contribution in [-0.4, -0.2) is 31.8 Å². The molecule has 33 heavy (non-hydrogen) atoms. The summed E-state index contributed by atoms with van der Waals surface area (Å²) in [5.41, 5.74) is 6.06. The van der Waals surface area contributed by atoms with E-state index in [2.05, 4.69) is 83.1 Å². The number of hydrogen-bond donors (Lipinski definition) is 1. The quantitative estimate of drug-likeness (QED) is 0.370. The smallest absolute Gasteiger partial charge is 0.196 e. The molecule has 0 amide bonds. The molecule has 2 heterocycles. The van der Waals surface area contributed by atoms with E-state index >= 15 is 0 Å². The number of benzene rings is 2. The maximum absolute atomic E-state index is 11.6. The first kappa shape index (κ1) is 21.3. The van der Waals surface area contributed by atoms with Crippen molar-refractivity contribution in [1.82, 2.24) is 19.5 Å². The van der Waals surface area contributed by atoms with Gasteiger partial charge < -0.3 is 9.88 Å². The number of hydrogen-bond acceptors (Lipinski definition) is 5. The third kappa shape index (κ3) is 4.38. The van der Waals surface area contributed by atoms with Crippen LogP contribution in [0, 0.1) is 12.8 Å². The van der Waals surface area contributed by atoms with Crippen molar-refractivity contribution in [2.45, 2.75) is 52.6 Å². The second kappa shape index (κ2) is 8.77. The van der Waals surface area contributed by atoms with Crippen molar-refractivity contribution < 1.29 is 4.79 Å². The van der Waals surface area contributed by atoms with Crippen LogP contribution in [0.1, 0.15) is 54.0 Å². The van der Waals surface area contributed by atoms with Gasteiger partial charge >= 0.3 is 0 Å². The Morgan fingerprint density at radius 1 is 1.09 bits per heavy atom. The second-order valence-electron chi connectivity index (χ2n) is 9.05. The van der Waals surface area contributed by atoms with Crippen LogP contribution in [0.25, 0.3) is 22.6 Å². The summed E-state index contributed by atoms with van der Waals surface area (Å²) in [5, 5.41) is 3.57. The molecule has 1 aliphatic rings. The number of anilines is 1. The van der Waals surface area contributed by atoms with Crippen molar-refractivity contribution in [3.63, 3.8) is 0 Å². The highest BCUT2D eigenvalue weighted by molar-refractivity contribution is 5.89. The van der Waals surface area contributed by atoms with Gasteiger partial charge in [0, 0.05) is 18.2 Å². The molecule has 2 aromatic carbocycles. The van der Waals surface area contributed by atoms with Gasteiger partial charge in [-0.2, -0.15) is 0 Å². The number of nitrogens with zero attached hydrogens (tertiary/aromatic N) is 4. The summed E-state index contributed by atoms with van der Waals surface area (Å²) in [6.07, 6.45) is 4.15. The molecule has 1 fully saturated rings. The number of rotatable bonds is 8. The van der Waals surface area contributed by atoms with Crippen LogP contribution >= 0.6 is 0 Å². The van der Waals surface area contributed by atoms with Crippen LogP contribution in [0.4, 0.5) is 5.82 Å². The van der Waals surface area contributed by atoms with Crippen LogP contribution < -0.4 is 5.32 Å². The van der Waals surface area contributed by atoms with Gasteiger partial charge in [0.15, 0.2) is 23.6 Å². The first-order valence-electron chi connectivity index (χ1n) is 11.7. The SMILES string of the molecule is CCc1ccc(Cn2c(-c3cccc(C)c3)nc3nc(C=O)nc(N[C@H](C)C4CC4)c32)cc1. The lowest BCUT2D eigenvalue weighted by atomic mass is 10.1. The topological polar surface area (TPSA) is 72.7 Å². The van der Waals surface area contributed by atoms with E-state index < -0.39 is 0 Å². The number of aldehydes is 1. The van der Waals surface area contributed by atoms with Gasteiger partial charge in [-0.05, 0) is 56.2 Å². The zero-order valence-electron chi connectivity index (χ0n) is 19.4.